The van der Waals surface area contributed by atoms with Gasteiger partial charge in [-0.15, -0.1) is 0 Å². The van der Waals surface area contributed by atoms with Crippen LogP contribution in [0.5, 0.6) is 11.5 Å². The highest BCUT2D eigenvalue weighted by Gasteiger charge is 2.16. The van der Waals surface area contributed by atoms with Gasteiger partial charge in [0.1, 0.15) is 17.3 Å². The van der Waals surface area contributed by atoms with Crippen molar-refractivity contribution in [1.29, 1.82) is 0 Å². The number of aliphatic imine (C=N–C) groups is 1. The van der Waals surface area contributed by atoms with Crippen molar-refractivity contribution in [2.45, 2.75) is 32.3 Å². The molecule has 0 spiro atoms. The van der Waals surface area contributed by atoms with Crippen LogP contribution in [0.3, 0.4) is 0 Å². The van der Waals surface area contributed by atoms with Gasteiger partial charge in [-0.2, -0.15) is 0 Å². The van der Waals surface area contributed by atoms with Crippen LogP contribution in [-0.4, -0.2) is 40.0 Å². The predicted molar refractivity (Wildman–Crippen MR) is 116 cm³/mol. The Morgan fingerprint density at radius 2 is 1.97 bits per heavy atom. The molecule has 162 valence electrons. The third-order valence-corrected chi connectivity index (χ3v) is 5.22. The SMILES string of the molecule is CN=C(NCCc1cc(F)cc2c1OCOC2)NCCC(C)c1ccc(OC)cc1. The molecule has 2 aromatic rings. The molecule has 2 aromatic carbocycles. The van der Waals surface area contributed by atoms with E-state index in [4.69, 9.17) is 14.2 Å². The first-order valence-electron chi connectivity index (χ1n) is 10.2. The van der Waals surface area contributed by atoms with Crippen LogP contribution in [0.2, 0.25) is 0 Å². The fourth-order valence-corrected chi connectivity index (χ4v) is 3.48. The zero-order valence-electron chi connectivity index (χ0n) is 17.8. The zero-order chi connectivity index (χ0) is 21.3. The number of benzene rings is 2. The number of hydrogen-bond acceptors (Lipinski definition) is 4. The Hall–Kier alpha value is -2.80. The molecule has 3 rings (SSSR count). The molecule has 0 radical (unpaired) electrons. The molecule has 0 aromatic heterocycles. The molecule has 0 amide bonds. The van der Waals surface area contributed by atoms with E-state index in [1.165, 1.54) is 17.7 Å². The largest absolute Gasteiger partial charge is 0.497 e. The van der Waals surface area contributed by atoms with Crippen molar-refractivity contribution in [2.24, 2.45) is 4.99 Å². The van der Waals surface area contributed by atoms with Crippen LogP contribution in [0.1, 0.15) is 36.0 Å². The van der Waals surface area contributed by atoms with E-state index in [2.05, 4.69) is 34.7 Å². The predicted octanol–water partition coefficient (Wildman–Crippen LogP) is 3.60. The molecule has 1 unspecified atom stereocenters. The minimum atomic E-state index is -0.270. The number of nitrogens with zero attached hydrogens (tertiary/aromatic N) is 1. The molecular weight excluding hydrogens is 385 g/mol. The first-order valence-corrected chi connectivity index (χ1v) is 10.2. The number of nitrogens with one attached hydrogen (secondary N) is 2. The fourth-order valence-electron chi connectivity index (χ4n) is 3.48. The summed E-state index contributed by atoms with van der Waals surface area (Å²) in [6, 6.07) is 11.2. The third-order valence-electron chi connectivity index (χ3n) is 5.22. The van der Waals surface area contributed by atoms with Crippen molar-refractivity contribution in [2.75, 3.05) is 34.0 Å². The summed E-state index contributed by atoms with van der Waals surface area (Å²) in [5.74, 6) is 2.48. The summed E-state index contributed by atoms with van der Waals surface area (Å²) in [4.78, 5) is 4.27. The highest BCUT2D eigenvalue weighted by molar-refractivity contribution is 5.79. The molecule has 0 fully saturated rings. The number of halogens is 1. The second-order valence-electron chi connectivity index (χ2n) is 7.30. The lowest BCUT2D eigenvalue weighted by atomic mass is 9.98. The van der Waals surface area contributed by atoms with Crippen molar-refractivity contribution in [3.05, 3.63) is 58.9 Å². The van der Waals surface area contributed by atoms with Gasteiger partial charge in [0.15, 0.2) is 12.8 Å². The molecule has 1 atom stereocenters. The first-order chi connectivity index (χ1) is 14.6. The molecule has 0 bridgehead atoms. The van der Waals surface area contributed by atoms with Crippen LogP contribution in [0.15, 0.2) is 41.4 Å². The summed E-state index contributed by atoms with van der Waals surface area (Å²) in [5.41, 5.74) is 2.87. The van der Waals surface area contributed by atoms with Gasteiger partial charge in [-0.3, -0.25) is 4.99 Å². The Morgan fingerprint density at radius 1 is 1.20 bits per heavy atom. The van der Waals surface area contributed by atoms with Gasteiger partial charge in [0.2, 0.25) is 0 Å². The maximum atomic E-state index is 13.9. The standard InChI is InChI=1S/C23H30FN3O3/c1-16(17-4-6-21(28-3)7-5-17)8-10-26-23(25-2)27-11-9-18-12-20(24)13-19-14-29-15-30-22(18)19/h4-7,12-13,16H,8-11,14-15H2,1-3H3,(H2,25,26,27). The van der Waals surface area contributed by atoms with Crippen LogP contribution >= 0.6 is 0 Å². The van der Waals surface area contributed by atoms with Crippen LogP contribution in [0.25, 0.3) is 0 Å². The van der Waals surface area contributed by atoms with Crippen LogP contribution in [0, 0.1) is 5.82 Å². The van der Waals surface area contributed by atoms with Gasteiger partial charge in [0.25, 0.3) is 0 Å². The van der Waals surface area contributed by atoms with E-state index in [-0.39, 0.29) is 12.6 Å². The molecule has 6 nitrogen and oxygen atoms in total. The molecular formula is C23H30FN3O3. The number of rotatable bonds is 8. The van der Waals surface area contributed by atoms with Crippen molar-refractivity contribution in [3.63, 3.8) is 0 Å². The molecule has 0 saturated heterocycles. The van der Waals surface area contributed by atoms with Gasteiger partial charge in [0.05, 0.1) is 13.7 Å². The van der Waals surface area contributed by atoms with Crippen LogP contribution in [0.4, 0.5) is 4.39 Å². The molecule has 0 aliphatic carbocycles. The molecule has 0 saturated carbocycles. The lowest BCUT2D eigenvalue weighted by Gasteiger charge is -2.21. The Morgan fingerprint density at radius 3 is 2.70 bits per heavy atom. The highest BCUT2D eigenvalue weighted by Crippen LogP contribution is 2.29. The van der Waals surface area contributed by atoms with Crippen molar-refractivity contribution in [3.8, 4) is 11.5 Å². The summed E-state index contributed by atoms with van der Waals surface area (Å²) < 4.78 is 29.9. The van der Waals surface area contributed by atoms with Gasteiger partial charge >= 0.3 is 0 Å². The molecule has 1 aliphatic heterocycles. The number of methoxy groups -OCH3 is 1. The van der Waals surface area contributed by atoms with Gasteiger partial charge in [-0.1, -0.05) is 19.1 Å². The first kappa shape index (κ1) is 21.9. The normalized spacial score (nSPS) is 14.5. The molecule has 2 N–H and O–H groups in total. The summed E-state index contributed by atoms with van der Waals surface area (Å²) in [7, 11) is 3.41. The van der Waals surface area contributed by atoms with E-state index in [0.29, 0.717) is 25.5 Å². The van der Waals surface area contributed by atoms with E-state index in [0.717, 1.165) is 41.6 Å². The quantitative estimate of drug-likeness (QED) is 0.510. The van der Waals surface area contributed by atoms with Gasteiger partial charge < -0.3 is 24.8 Å². The Labute approximate surface area is 177 Å². The third kappa shape index (κ3) is 5.86. The van der Waals surface area contributed by atoms with Crippen molar-refractivity contribution < 1.29 is 18.6 Å². The zero-order valence-corrected chi connectivity index (χ0v) is 17.8. The summed E-state index contributed by atoms with van der Waals surface area (Å²) in [6.07, 6.45) is 1.60. The molecule has 1 aliphatic rings. The van der Waals surface area contributed by atoms with Gasteiger partial charge in [-0.25, -0.2) is 4.39 Å². The maximum Gasteiger partial charge on any atom is 0.190 e. The van der Waals surface area contributed by atoms with E-state index in [1.807, 2.05) is 12.1 Å². The van der Waals surface area contributed by atoms with Crippen LogP contribution in [-0.2, 0) is 17.8 Å². The van der Waals surface area contributed by atoms with Crippen molar-refractivity contribution in [1.82, 2.24) is 10.6 Å². The van der Waals surface area contributed by atoms with Crippen LogP contribution < -0.4 is 20.1 Å². The summed E-state index contributed by atoms with van der Waals surface area (Å²) in [6.45, 7) is 4.20. The lowest BCUT2D eigenvalue weighted by Crippen LogP contribution is -2.39. The highest BCUT2D eigenvalue weighted by atomic mass is 19.1. The van der Waals surface area contributed by atoms with Gasteiger partial charge in [-0.05, 0) is 54.2 Å². The smallest absolute Gasteiger partial charge is 0.190 e. The minimum absolute atomic E-state index is 0.203. The van der Waals surface area contributed by atoms with E-state index in [1.54, 1.807) is 14.2 Å². The second kappa shape index (κ2) is 10.8. The monoisotopic (exact) mass is 415 g/mol. The Kier molecular flexibility index (Phi) is 7.90. The number of ether oxygens (including phenoxy) is 3. The number of fused-ring (bicyclic) bond motifs is 1. The second-order valence-corrected chi connectivity index (χ2v) is 7.30. The lowest BCUT2D eigenvalue weighted by molar-refractivity contribution is -0.0172. The number of hydrogen-bond donors (Lipinski definition) is 2. The average Bonchev–Trinajstić information content (AvgIpc) is 2.77. The number of guanidine groups is 1. The van der Waals surface area contributed by atoms with E-state index >= 15 is 0 Å². The Bertz CT molecular complexity index is 856. The van der Waals surface area contributed by atoms with E-state index < -0.39 is 0 Å². The topological polar surface area (TPSA) is 64.1 Å². The van der Waals surface area contributed by atoms with Crippen molar-refractivity contribution >= 4 is 5.96 Å². The molecule has 30 heavy (non-hydrogen) atoms. The fraction of sp³-hybridized carbons (Fsp3) is 0.435. The van der Waals surface area contributed by atoms with Gasteiger partial charge in [0, 0.05) is 25.7 Å². The van der Waals surface area contributed by atoms with E-state index in [9.17, 15) is 4.39 Å². The minimum Gasteiger partial charge on any atom is -0.497 e. The maximum absolute atomic E-state index is 13.9. The summed E-state index contributed by atoms with van der Waals surface area (Å²) in [5, 5.41) is 6.63. The molecule has 7 heteroatoms. The Balaban J connectivity index is 1.44. The molecule has 1 heterocycles. The average molecular weight is 416 g/mol. The summed E-state index contributed by atoms with van der Waals surface area (Å²) >= 11 is 0.